The molecule has 0 saturated heterocycles. The van der Waals surface area contributed by atoms with Crippen molar-refractivity contribution in [2.45, 2.75) is 45.7 Å². The van der Waals surface area contributed by atoms with Crippen molar-refractivity contribution in [1.82, 2.24) is 10.3 Å². The number of nitrogens with one attached hydrogen (secondary N) is 2. The van der Waals surface area contributed by atoms with E-state index in [1.54, 1.807) is 12.4 Å². The smallest absolute Gasteiger partial charge is 0.242 e. The Balaban J connectivity index is 2.60. The second-order valence-corrected chi connectivity index (χ2v) is 5.90. The van der Waals surface area contributed by atoms with Crippen LogP contribution in [0.3, 0.4) is 0 Å². The summed E-state index contributed by atoms with van der Waals surface area (Å²) in [6.45, 7) is 7.91. The number of aromatic nitrogens is 1. The molecule has 0 radical (unpaired) electrons. The minimum Gasteiger partial charge on any atom is -0.373 e. The Hall–Kier alpha value is -1.10. The third-order valence-electron chi connectivity index (χ3n) is 2.83. The van der Waals surface area contributed by atoms with Gasteiger partial charge in [-0.05, 0) is 49.2 Å². The summed E-state index contributed by atoms with van der Waals surface area (Å²) in [5.74, 6) is -0.0122. The zero-order chi connectivity index (χ0) is 13.8. The van der Waals surface area contributed by atoms with Crippen LogP contribution in [-0.2, 0) is 4.79 Å². The number of pyridine rings is 1. The first-order valence-corrected chi connectivity index (χ1v) is 6.82. The highest BCUT2D eigenvalue weighted by Crippen LogP contribution is 2.15. The Kier molecular flexibility index (Phi) is 5.14. The van der Waals surface area contributed by atoms with E-state index in [0.29, 0.717) is 0 Å². The third-order valence-corrected chi connectivity index (χ3v) is 3.26. The maximum absolute atomic E-state index is 12.0. The molecule has 0 fully saturated rings. The number of carbonyl (C=O) groups excluding carboxylic acids is 1. The van der Waals surface area contributed by atoms with Crippen molar-refractivity contribution >= 4 is 27.5 Å². The second-order valence-electron chi connectivity index (χ2n) is 4.98. The zero-order valence-electron chi connectivity index (χ0n) is 11.2. The van der Waals surface area contributed by atoms with Gasteiger partial charge in [-0.1, -0.05) is 6.92 Å². The lowest BCUT2D eigenvalue weighted by Gasteiger charge is -2.27. The molecular weight excluding hydrogens is 294 g/mol. The number of rotatable bonds is 5. The van der Waals surface area contributed by atoms with E-state index in [-0.39, 0.29) is 17.5 Å². The number of hydrogen-bond acceptors (Lipinski definition) is 3. The number of nitrogens with zero attached hydrogens (tertiary/aromatic N) is 1. The lowest BCUT2D eigenvalue weighted by Crippen LogP contribution is -2.48. The standard InChI is InChI=1S/C13H20BrN3O/c1-5-13(3,4)17-12(18)9(2)16-11-6-10(14)7-15-8-11/h6-9,16H,5H2,1-4H3,(H,17,18). The monoisotopic (exact) mass is 313 g/mol. The molecule has 0 aliphatic rings. The summed E-state index contributed by atoms with van der Waals surface area (Å²) in [6.07, 6.45) is 4.29. The largest absolute Gasteiger partial charge is 0.373 e. The maximum Gasteiger partial charge on any atom is 0.242 e. The Morgan fingerprint density at radius 2 is 2.17 bits per heavy atom. The first-order chi connectivity index (χ1) is 8.34. The van der Waals surface area contributed by atoms with Crippen LogP contribution in [0.5, 0.6) is 0 Å². The fourth-order valence-corrected chi connectivity index (χ4v) is 1.70. The van der Waals surface area contributed by atoms with Gasteiger partial charge in [-0.2, -0.15) is 0 Å². The van der Waals surface area contributed by atoms with Gasteiger partial charge in [0.2, 0.25) is 5.91 Å². The molecule has 1 heterocycles. The van der Waals surface area contributed by atoms with Gasteiger partial charge in [0.05, 0.1) is 11.9 Å². The minimum absolute atomic E-state index is 0.0122. The molecular formula is C13H20BrN3O. The van der Waals surface area contributed by atoms with Crippen LogP contribution in [0, 0.1) is 0 Å². The molecule has 2 N–H and O–H groups in total. The second kappa shape index (κ2) is 6.18. The van der Waals surface area contributed by atoms with Crippen LogP contribution in [0.2, 0.25) is 0 Å². The Morgan fingerprint density at radius 1 is 1.50 bits per heavy atom. The highest BCUT2D eigenvalue weighted by atomic mass is 79.9. The van der Waals surface area contributed by atoms with Gasteiger partial charge in [0.25, 0.3) is 0 Å². The molecule has 0 aliphatic heterocycles. The molecule has 1 amide bonds. The fourth-order valence-electron chi connectivity index (χ4n) is 1.34. The Labute approximate surface area is 117 Å². The third kappa shape index (κ3) is 4.64. The van der Waals surface area contributed by atoms with Crippen molar-refractivity contribution < 1.29 is 4.79 Å². The molecule has 4 nitrogen and oxygen atoms in total. The van der Waals surface area contributed by atoms with Crippen LogP contribution in [0.25, 0.3) is 0 Å². The van der Waals surface area contributed by atoms with Gasteiger partial charge in [-0.15, -0.1) is 0 Å². The lowest BCUT2D eigenvalue weighted by molar-refractivity contribution is -0.123. The van der Waals surface area contributed by atoms with E-state index in [2.05, 4.69) is 38.5 Å². The van der Waals surface area contributed by atoms with Crippen molar-refractivity contribution in [3.63, 3.8) is 0 Å². The number of halogens is 1. The van der Waals surface area contributed by atoms with Crippen molar-refractivity contribution in [2.24, 2.45) is 0 Å². The predicted molar refractivity (Wildman–Crippen MR) is 77.5 cm³/mol. The number of anilines is 1. The quantitative estimate of drug-likeness (QED) is 0.878. The first kappa shape index (κ1) is 15.0. The summed E-state index contributed by atoms with van der Waals surface area (Å²) < 4.78 is 0.883. The normalized spacial score (nSPS) is 12.9. The molecule has 0 saturated carbocycles. The van der Waals surface area contributed by atoms with E-state index in [1.165, 1.54) is 0 Å². The molecule has 1 aromatic heterocycles. The van der Waals surface area contributed by atoms with E-state index in [0.717, 1.165) is 16.6 Å². The van der Waals surface area contributed by atoms with Crippen molar-refractivity contribution in [3.05, 3.63) is 22.9 Å². The van der Waals surface area contributed by atoms with Crippen LogP contribution in [0.15, 0.2) is 22.9 Å². The average molecular weight is 314 g/mol. The van der Waals surface area contributed by atoms with E-state index in [1.807, 2.05) is 26.8 Å². The lowest BCUT2D eigenvalue weighted by atomic mass is 10.0. The summed E-state index contributed by atoms with van der Waals surface area (Å²) in [7, 11) is 0. The summed E-state index contributed by atoms with van der Waals surface area (Å²) in [5.41, 5.74) is 0.643. The zero-order valence-corrected chi connectivity index (χ0v) is 12.8. The van der Waals surface area contributed by atoms with E-state index in [4.69, 9.17) is 0 Å². The minimum atomic E-state index is -0.299. The number of carbonyl (C=O) groups is 1. The average Bonchev–Trinajstić information content (AvgIpc) is 2.28. The predicted octanol–water partition coefficient (Wildman–Crippen LogP) is 2.95. The van der Waals surface area contributed by atoms with E-state index < -0.39 is 0 Å². The van der Waals surface area contributed by atoms with Crippen molar-refractivity contribution in [1.29, 1.82) is 0 Å². The van der Waals surface area contributed by atoms with Crippen LogP contribution in [-0.4, -0.2) is 22.5 Å². The van der Waals surface area contributed by atoms with Gasteiger partial charge in [0, 0.05) is 16.2 Å². The molecule has 1 atom stereocenters. The van der Waals surface area contributed by atoms with Gasteiger partial charge in [0.15, 0.2) is 0 Å². The van der Waals surface area contributed by atoms with Crippen molar-refractivity contribution in [3.8, 4) is 0 Å². The van der Waals surface area contributed by atoms with E-state index in [9.17, 15) is 4.79 Å². The molecule has 1 rings (SSSR count). The molecule has 0 aliphatic carbocycles. The van der Waals surface area contributed by atoms with Gasteiger partial charge in [0.1, 0.15) is 6.04 Å². The van der Waals surface area contributed by atoms with Gasteiger partial charge >= 0.3 is 0 Å². The first-order valence-electron chi connectivity index (χ1n) is 6.03. The SMILES string of the molecule is CCC(C)(C)NC(=O)C(C)Nc1cncc(Br)c1. The molecule has 1 unspecified atom stereocenters. The molecule has 100 valence electrons. The Morgan fingerprint density at radius 3 is 2.72 bits per heavy atom. The van der Waals surface area contributed by atoms with Crippen molar-refractivity contribution in [2.75, 3.05) is 5.32 Å². The van der Waals surface area contributed by atoms with Crippen LogP contribution in [0.4, 0.5) is 5.69 Å². The Bertz CT molecular complexity index is 420. The highest BCUT2D eigenvalue weighted by Gasteiger charge is 2.21. The van der Waals surface area contributed by atoms with Gasteiger partial charge in [-0.25, -0.2) is 0 Å². The van der Waals surface area contributed by atoms with Crippen LogP contribution >= 0.6 is 15.9 Å². The molecule has 5 heteroatoms. The van der Waals surface area contributed by atoms with Gasteiger partial charge in [-0.3, -0.25) is 9.78 Å². The molecule has 18 heavy (non-hydrogen) atoms. The molecule has 0 bridgehead atoms. The maximum atomic E-state index is 12.0. The summed E-state index contributed by atoms with van der Waals surface area (Å²) >= 11 is 3.35. The number of hydrogen-bond donors (Lipinski definition) is 2. The van der Waals surface area contributed by atoms with Crippen LogP contribution < -0.4 is 10.6 Å². The molecule has 0 spiro atoms. The fraction of sp³-hybridized carbons (Fsp3) is 0.538. The molecule has 1 aromatic rings. The highest BCUT2D eigenvalue weighted by molar-refractivity contribution is 9.10. The number of amides is 1. The summed E-state index contributed by atoms with van der Waals surface area (Å²) in [6, 6.07) is 1.59. The summed E-state index contributed by atoms with van der Waals surface area (Å²) in [5, 5.41) is 6.13. The topological polar surface area (TPSA) is 54.0 Å². The van der Waals surface area contributed by atoms with Gasteiger partial charge < -0.3 is 10.6 Å². The van der Waals surface area contributed by atoms with E-state index >= 15 is 0 Å². The summed E-state index contributed by atoms with van der Waals surface area (Å²) in [4.78, 5) is 16.0. The van der Waals surface area contributed by atoms with Crippen LogP contribution in [0.1, 0.15) is 34.1 Å². The molecule has 0 aromatic carbocycles.